The van der Waals surface area contributed by atoms with E-state index in [4.69, 9.17) is 4.74 Å². The second kappa shape index (κ2) is 7.53. The normalized spacial score (nSPS) is 18.8. The smallest absolute Gasteiger partial charge is 0.226 e. The van der Waals surface area contributed by atoms with Crippen LogP contribution in [0.3, 0.4) is 0 Å². The van der Waals surface area contributed by atoms with Gasteiger partial charge in [-0.1, -0.05) is 0 Å². The van der Waals surface area contributed by atoms with E-state index in [0.717, 1.165) is 16.3 Å². The number of nitrogens with one attached hydrogen (secondary N) is 1. The van der Waals surface area contributed by atoms with Crippen LogP contribution in [0.4, 0.5) is 0 Å². The van der Waals surface area contributed by atoms with Crippen LogP contribution in [0.5, 0.6) is 5.75 Å². The van der Waals surface area contributed by atoms with Gasteiger partial charge in [0.25, 0.3) is 0 Å². The van der Waals surface area contributed by atoms with Crippen molar-refractivity contribution in [1.29, 1.82) is 0 Å². The largest absolute Gasteiger partial charge is 0.494 e. The van der Waals surface area contributed by atoms with Gasteiger partial charge in [-0.15, -0.1) is 11.3 Å². The van der Waals surface area contributed by atoms with Crippen LogP contribution in [0.25, 0.3) is 10.6 Å². The lowest BCUT2D eigenvalue weighted by atomic mass is 10.2. The third-order valence-corrected chi connectivity index (χ3v) is 6.61. The summed E-state index contributed by atoms with van der Waals surface area (Å²) in [5.41, 5.74) is 1.66. The molecule has 8 heteroatoms. The summed E-state index contributed by atoms with van der Waals surface area (Å²) in [5.74, 6) is 0.809. The Balaban J connectivity index is 1.58. The summed E-state index contributed by atoms with van der Waals surface area (Å²) < 4.78 is 28.3. The number of hydrogen-bond donors (Lipinski definition) is 1. The number of carbonyl (C=O) groups is 1. The molecule has 6 nitrogen and oxygen atoms in total. The number of aromatic nitrogens is 1. The molecule has 1 saturated heterocycles. The predicted molar refractivity (Wildman–Crippen MR) is 97.6 cm³/mol. The van der Waals surface area contributed by atoms with Gasteiger partial charge < -0.3 is 10.1 Å². The molecule has 1 amide bonds. The summed E-state index contributed by atoms with van der Waals surface area (Å²) in [4.78, 5) is 16.6. The minimum absolute atomic E-state index is 0.0350. The standard InChI is InChI=1S/C17H20N2O4S2/c1-2-23-15-5-3-12(4-6-15)17-19-14(10-24-17)9-16(20)18-13-7-8-25(21,22)11-13/h3-6,10,13H,2,7-9,11H2,1H3,(H,18,20). The Morgan fingerprint density at radius 1 is 1.36 bits per heavy atom. The van der Waals surface area contributed by atoms with Crippen molar-refractivity contribution in [2.24, 2.45) is 0 Å². The van der Waals surface area contributed by atoms with E-state index in [1.54, 1.807) is 0 Å². The minimum Gasteiger partial charge on any atom is -0.494 e. The van der Waals surface area contributed by atoms with Gasteiger partial charge in [0, 0.05) is 17.0 Å². The summed E-state index contributed by atoms with van der Waals surface area (Å²) in [6.07, 6.45) is 0.645. The van der Waals surface area contributed by atoms with Crippen LogP contribution < -0.4 is 10.1 Å². The first-order valence-electron chi connectivity index (χ1n) is 8.12. The lowest BCUT2D eigenvalue weighted by Gasteiger charge is -2.09. The van der Waals surface area contributed by atoms with Crippen LogP contribution in [-0.2, 0) is 21.1 Å². The molecule has 1 unspecified atom stereocenters. The second-order valence-corrected chi connectivity index (χ2v) is 9.03. The van der Waals surface area contributed by atoms with E-state index in [-0.39, 0.29) is 29.9 Å². The van der Waals surface area contributed by atoms with E-state index < -0.39 is 9.84 Å². The van der Waals surface area contributed by atoms with Crippen molar-refractivity contribution in [3.8, 4) is 16.3 Å². The van der Waals surface area contributed by atoms with Crippen LogP contribution in [0.2, 0.25) is 0 Å². The molecule has 1 aliphatic heterocycles. The number of carbonyl (C=O) groups excluding carboxylic acids is 1. The molecule has 1 aromatic heterocycles. The van der Waals surface area contributed by atoms with Crippen molar-refractivity contribution in [2.75, 3.05) is 18.1 Å². The lowest BCUT2D eigenvalue weighted by molar-refractivity contribution is -0.121. The van der Waals surface area contributed by atoms with Gasteiger partial charge >= 0.3 is 0 Å². The van der Waals surface area contributed by atoms with Gasteiger partial charge in [-0.05, 0) is 37.6 Å². The quantitative estimate of drug-likeness (QED) is 0.829. The van der Waals surface area contributed by atoms with Crippen LogP contribution in [0, 0.1) is 0 Å². The average molecular weight is 380 g/mol. The number of rotatable bonds is 6. The maximum Gasteiger partial charge on any atom is 0.226 e. The first kappa shape index (κ1) is 17.9. The highest BCUT2D eigenvalue weighted by Gasteiger charge is 2.28. The fourth-order valence-electron chi connectivity index (χ4n) is 2.73. The third kappa shape index (κ3) is 4.79. The maximum absolute atomic E-state index is 12.1. The first-order valence-corrected chi connectivity index (χ1v) is 10.8. The number of hydrogen-bond acceptors (Lipinski definition) is 6. The molecule has 0 saturated carbocycles. The molecule has 0 spiro atoms. The van der Waals surface area contributed by atoms with Gasteiger partial charge in [0.15, 0.2) is 9.84 Å². The molecule has 1 fully saturated rings. The minimum atomic E-state index is -2.99. The molecular weight excluding hydrogens is 360 g/mol. The zero-order valence-electron chi connectivity index (χ0n) is 13.9. The van der Waals surface area contributed by atoms with Crippen LogP contribution in [0.15, 0.2) is 29.6 Å². The number of ether oxygens (including phenoxy) is 1. The Hall–Kier alpha value is -1.93. The van der Waals surface area contributed by atoms with E-state index >= 15 is 0 Å². The van der Waals surface area contributed by atoms with Crippen molar-refractivity contribution in [2.45, 2.75) is 25.8 Å². The summed E-state index contributed by atoms with van der Waals surface area (Å²) in [6.45, 7) is 2.56. The van der Waals surface area contributed by atoms with Gasteiger partial charge in [0.05, 0.1) is 30.2 Å². The number of sulfone groups is 1. The third-order valence-electron chi connectivity index (χ3n) is 3.90. The molecule has 1 atom stereocenters. The highest BCUT2D eigenvalue weighted by Crippen LogP contribution is 2.26. The molecule has 2 aromatic rings. The topological polar surface area (TPSA) is 85.4 Å². The second-order valence-electron chi connectivity index (χ2n) is 5.95. The van der Waals surface area contributed by atoms with E-state index in [9.17, 15) is 13.2 Å². The van der Waals surface area contributed by atoms with Crippen molar-refractivity contribution in [3.05, 3.63) is 35.3 Å². The average Bonchev–Trinajstić information content (AvgIpc) is 3.15. The van der Waals surface area contributed by atoms with E-state index in [1.807, 2.05) is 36.6 Å². The molecule has 0 aliphatic carbocycles. The van der Waals surface area contributed by atoms with Crippen molar-refractivity contribution in [1.82, 2.24) is 10.3 Å². The Morgan fingerprint density at radius 3 is 2.76 bits per heavy atom. The van der Waals surface area contributed by atoms with E-state index in [0.29, 0.717) is 18.7 Å². The van der Waals surface area contributed by atoms with Gasteiger partial charge in [0.2, 0.25) is 5.91 Å². The Morgan fingerprint density at radius 2 is 2.12 bits per heavy atom. The fourth-order valence-corrected chi connectivity index (χ4v) is 5.23. The number of nitrogens with zero attached hydrogens (tertiary/aromatic N) is 1. The molecular formula is C17H20N2O4S2. The Bertz CT molecular complexity index is 844. The predicted octanol–water partition coefficient (Wildman–Crippen LogP) is 2.05. The summed E-state index contributed by atoms with van der Waals surface area (Å²) in [6, 6.07) is 7.40. The van der Waals surface area contributed by atoms with E-state index in [2.05, 4.69) is 10.3 Å². The first-order chi connectivity index (χ1) is 11.9. The van der Waals surface area contributed by atoms with Gasteiger partial charge in [-0.25, -0.2) is 13.4 Å². The highest BCUT2D eigenvalue weighted by molar-refractivity contribution is 7.91. The fraction of sp³-hybridized carbons (Fsp3) is 0.412. The molecule has 1 aliphatic rings. The summed E-state index contributed by atoms with van der Waals surface area (Å²) >= 11 is 1.48. The van der Waals surface area contributed by atoms with Crippen LogP contribution in [-0.4, -0.2) is 43.5 Å². The van der Waals surface area contributed by atoms with Crippen molar-refractivity contribution < 1.29 is 17.9 Å². The molecule has 1 aromatic carbocycles. The van der Waals surface area contributed by atoms with Crippen molar-refractivity contribution in [3.63, 3.8) is 0 Å². The van der Waals surface area contributed by atoms with Crippen LogP contribution in [0.1, 0.15) is 19.0 Å². The molecule has 25 heavy (non-hydrogen) atoms. The zero-order chi connectivity index (χ0) is 17.9. The summed E-state index contributed by atoms with van der Waals surface area (Å²) in [5, 5.41) is 5.48. The monoisotopic (exact) mass is 380 g/mol. The Labute approximate surface area is 151 Å². The number of amides is 1. The lowest BCUT2D eigenvalue weighted by Crippen LogP contribution is -2.36. The van der Waals surface area contributed by atoms with Crippen molar-refractivity contribution >= 4 is 27.1 Å². The van der Waals surface area contributed by atoms with Crippen LogP contribution >= 0.6 is 11.3 Å². The molecule has 3 rings (SSSR count). The number of benzene rings is 1. The Kier molecular flexibility index (Phi) is 5.39. The molecule has 134 valence electrons. The summed E-state index contributed by atoms with van der Waals surface area (Å²) in [7, 11) is -2.99. The highest BCUT2D eigenvalue weighted by atomic mass is 32.2. The van der Waals surface area contributed by atoms with E-state index in [1.165, 1.54) is 11.3 Å². The molecule has 2 heterocycles. The van der Waals surface area contributed by atoms with Gasteiger partial charge in [0.1, 0.15) is 10.8 Å². The number of thiazole rings is 1. The maximum atomic E-state index is 12.1. The zero-order valence-corrected chi connectivity index (χ0v) is 15.5. The van der Waals surface area contributed by atoms with Gasteiger partial charge in [-0.2, -0.15) is 0 Å². The molecule has 1 N–H and O–H groups in total. The van der Waals surface area contributed by atoms with Gasteiger partial charge in [-0.3, -0.25) is 4.79 Å². The molecule has 0 bridgehead atoms. The SMILES string of the molecule is CCOc1ccc(-c2nc(CC(=O)NC3CCS(=O)(=O)C3)cs2)cc1. The molecule has 0 radical (unpaired) electrons.